The normalized spacial score (nSPS) is 21.4. The second kappa shape index (κ2) is 6.58. The average Bonchev–Trinajstić information content (AvgIpc) is 2.45. The standard InChI is InChI=1S/C15H26N4O2/c1-5-12-17-13(16-6-2)7-14(18-12)19-8-11(9-20)21-15(3,4)10-19/h7,11,20H,5-6,8-10H2,1-4H3,(H,16,17,18). The van der Waals surface area contributed by atoms with Crippen LogP contribution >= 0.6 is 0 Å². The van der Waals surface area contributed by atoms with Crippen molar-refractivity contribution < 1.29 is 9.84 Å². The summed E-state index contributed by atoms with van der Waals surface area (Å²) < 4.78 is 5.86. The van der Waals surface area contributed by atoms with E-state index in [1.807, 2.05) is 26.8 Å². The lowest BCUT2D eigenvalue weighted by Crippen LogP contribution is -2.54. The van der Waals surface area contributed by atoms with Gasteiger partial charge in [-0.05, 0) is 20.8 Å². The lowest BCUT2D eigenvalue weighted by molar-refractivity contribution is -0.101. The third-order valence-corrected chi connectivity index (χ3v) is 3.44. The zero-order valence-electron chi connectivity index (χ0n) is 13.4. The number of nitrogens with one attached hydrogen (secondary N) is 1. The number of aliphatic hydroxyl groups excluding tert-OH is 1. The molecular weight excluding hydrogens is 268 g/mol. The van der Waals surface area contributed by atoms with Gasteiger partial charge in [0.15, 0.2) is 0 Å². The first-order chi connectivity index (χ1) is 9.97. The molecule has 21 heavy (non-hydrogen) atoms. The molecule has 0 aromatic carbocycles. The van der Waals surface area contributed by atoms with Crippen LogP contribution in [0.1, 0.15) is 33.5 Å². The Bertz CT molecular complexity index is 479. The first kappa shape index (κ1) is 16.0. The van der Waals surface area contributed by atoms with Crippen molar-refractivity contribution in [2.45, 2.75) is 45.8 Å². The summed E-state index contributed by atoms with van der Waals surface area (Å²) in [7, 11) is 0. The van der Waals surface area contributed by atoms with Gasteiger partial charge in [-0.2, -0.15) is 0 Å². The van der Waals surface area contributed by atoms with E-state index in [0.717, 1.165) is 37.0 Å². The Kier molecular flexibility index (Phi) is 5.00. The van der Waals surface area contributed by atoms with Crippen molar-refractivity contribution in [3.05, 3.63) is 11.9 Å². The lowest BCUT2D eigenvalue weighted by Gasteiger charge is -2.42. The predicted molar refractivity (Wildman–Crippen MR) is 83.8 cm³/mol. The van der Waals surface area contributed by atoms with E-state index in [0.29, 0.717) is 6.54 Å². The van der Waals surface area contributed by atoms with Crippen LogP contribution in [0.15, 0.2) is 6.07 Å². The van der Waals surface area contributed by atoms with Gasteiger partial charge in [0.2, 0.25) is 0 Å². The summed E-state index contributed by atoms with van der Waals surface area (Å²) in [6.45, 7) is 10.4. The Morgan fingerprint density at radius 2 is 2.19 bits per heavy atom. The van der Waals surface area contributed by atoms with E-state index in [1.165, 1.54) is 0 Å². The van der Waals surface area contributed by atoms with Crippen LogP contribution in [0.4, 0.5) is 11.6 Å². The van der Waals surface area contributed by atoms with Gasteiger partial charge in [0, 0.05) is 32.1 Å². The van der Waals surface area contributed by atoms with Crippen LogP contribution in [0.5, 0.6) is 0 Å². The minimum absolute atomic E-state index is 0.0196. The number of hydrogen-bond donors (Lipinski definition) is 2. The number of aromatic nitrogens is 2. The molecule has 2 rings (SSSR count). The second-order valence-corrected chi connectivity index (χ2v) is 5.97. The topological polar surface area (TPSA) is 70.5 Å². The number of rotatable bonds is 5. The lowest BCUT2D eigenvalue weighted by atomic mass is 10.1. The van der Waals surface area contributed by atoms with E-state index in [9.17, 15) is 5.11 Å². The number of anilines is 2. The second-order valence-electron chi connectivity index (χ2n) is 5.97. The highest BCUT2D eigenvalue weighted by Gasteiger charge is 2.33. The number of ether oxygens (including phenoxy) is 1. The Labute approximate surface area is 126 Å². The van der Waals surface area contributed by atoms with E-state index in [1.54, 1.807) is 0 Å². The number of aryl methyl sites for hydroxylation is 1. The maximum Gasteiger partial charge on any atom is 0.134 e. The van der Waals surface area contributed by atoms with E-state index in [-0.39, 0.29) is 18.3 Å². The highest BCUT2D eigenvalue weighted by atomic mass is 16.5. The van der Waals surface area contributed by atoms with Gasteiger partial charge in [-0.1, -0.05) is 6.92 Å². The summed E-state index contributed by atoms with van der Waals surface area (Å²) in [6, 6.07) is 1.97. The monoisotopic (exact) mass is 294 g/mol. The maximum absolute atomic E-state index is 9.43. The van der Waals surface area contributed by atoms with E-state index >= 15 is 0 Å². The molecule has 1 aliphatic heterocycles. The van der Waals surface area contributed by atoms with Gasteiger partial charge >= 0.3 is 0 Å². The maximum atomic E-state index is 9.43. The molecule has 2 N–H and O–H groups in total. The van der Waals surface area contributed by atoms with Gasteiger partial charge in [-0.3, -0.25) is 0 Å². The first-order valence-corrected chi connectivity index (χ1v) is 7.63. The van der Waals surface area contributed by atoms with Crippen LogP contribution < -0.4 is 10.2 Å². The van der Waals surface area contributed by atoms with Gasteiger partial charge in [0.05, 0.1) is 18.3 Å². The molecular formula is C15H26N4O2. The summed E-state index contributed by atoms with van der Waals surface area (Å²) in [4.78, 5) is 11.3. The molecule has 0 aliphatic carbocycles. The van der Waals surface area contributed by atoms with Crippen molar-refractivity contribution in [1.82, 2.24) is 9.97 Å². The van der Waals surface area contributed by atoms with Crippen molar-refractivity contribution >= 4 is 11.6 Å². The summed E-state index contributed by atoms with van der Waals surface area (Å²) in [5.41, 5.74) is -0.304. The zero-order valence-corrected chi connectivity index (χ0v) is 13.4. The SMILES string of the molecule is CCNc1cc(N2CC(CO)OC(C)(C)C2)nc(CC)n1. The Morgan fingerprint density at radius 1 is 1.43 bits per heavy atom. The van der Waals surface area contributed by atoms with Crippen molar-refractivity contribution in [3.8, 4) is 0 Å². The fourth-order valence-electron chi connectivity index (χ4n) is 2.64. The predicted octanol–water partition coefficient (Wildman–Crippen LogP) is 1.45. The number of aliphatic hydroxyl groups is 1. The fourth-order valence-corrected chi connectivity index (χ4v) is 2.64. The minimum atomic E-state index is -0.304. The smallest absolute Gasteiger partial charge is 0.134 e. The van der Waals surface area contributed by atoms with Gasteiger partial charge in [-0.25, -0.2) is 9.97 Å². The molecule has 1 atom stereocenters. The molecule has 6 heteroatoms. The van der Waals surface area contributed by atoms with Crippen molar-refractivity contribution in [2.75, 3.05) is 36.5 Å². The van der Waals surface area contributed by atoms with Crippen molar-refractivity contribution in [2.24, 2.45) is 0 Å². The molecule has 1 fully saturated rings. The number of morpholine rings is 1. The van der Waals surface area contributed by atoms with Gasteiger partial charge in [0.25, 0.3) is 0 Å². The molecule has 1 unspecified atom stereocenters. The van der Waals surface area contributed by atoms with E-state index in [4.69, 9.17) is 4.74 Å². The Hall–Kier alpha value is -1.40. The van der Waals surface area contributed by atoms with Crippen LogP contribution in [0.3, 0.4) is 0 Å². The number of nitrogens with zero attached hydrogens (tertiary/aromatic N) is 3. The van der Waals surface area contributed by atoms with Gasteiger partial charge in [-0.15, -0.1) is 0 Å². The molecule has 118 valence electrons. The number of hydrogen-bond acceptors (Lipinski definition) is 6. The molecule has 1 saturated heterocycles. The molecule has 1 aliphatic rings. The molecule has 1 aromatic rings. The Balaban J connectivity index is 2.28. The highest BCUT2D eigenvalue weighted by Crippen LogP contribution is 2.26. The molecule has 0 saturated carbocycles. The zero-order chi connectivity index (χ0) is 15.5. The fraction of sp³-hybridized carbons (Fsp3) is 0.733. The average molecular weight is 294 g/mol. The minimum Gasteiger partial charge on any atom is -0.394 e. The van der Waals surface area contributed by atoms with Crippen molar-refractivity contribution in [3.63, 3.8) is 0 Å². The van der Waals surface area contributed by atoms with Crippen LogP contribution in [-0.2, 0) is 11.2 Å². The van der Waals surface area contributed by atoms with Crippen LogP contribution in [0.25, 0.3) is 0 Å². The molecule has 0 radical (unpaired) electrons. The summed E-state index contributed by atoms with van der Waals surface area (Å²) in [5, 5.41) is 12.7. The summed E-state index contributed by atoms with van der Waals surface area (Å²) >= 11 is 0. The van der Waals surface area contributed by atoms with E-state index in [2.05, 4.69) is 27.1 Å². The van der Waals surface area contributed by atoms with Crippen LogP contribution in [-0.4, -0.2) is 53.0 Å². The van der Waals surface area contributed by atoms with E-state index < -0.39 is 0 Å². The molecule has 0 bridgehead atoms. The quantitative estimate of drug-likeness (QED) is 0.856. The third kappa shape index (κ3) is 4.04. The third-order valence-electron chi connectivity index (χ3n) is 3.44. The molecule has 2 heterocycles. The van der Waals surface area contributed by atoms with Gasteiger partial charge < -0.3 is 20.1 Å². The Morgan fingerprint density at radius 3 is 2.81 bits per heavy atom. The van der Waals surface area contributed by atoms with Gasteiger partial charge in [0.1, 0.15) is 17.5 Å². The molecule has 6 nitrogen and oxygen atoms in total. The largest absolute Gasteiger partial charge is 0.394 e. The highest BCUT2D eigenvalue weighted by molar-refractivity contribution is 5.50. The van der Waals surface area contributed by atoms with Crippen molar-refractivity contribution in [1.29, 1.82) is 0 Å². The molecule has 1 aromatic heterocycles. The molecule has 0 spiro atoms. The molecule has 0 amide bonds. The van der Waals surface area contributed by atoms with Crippen LogP contribution in [0.2, 0.25) is 0 Å². The summed E-state index contributed by atoms with van der Waals surface area (Å²) in [6.07, 6.45) is 0.611. The summed E-state index contributed by atoms with van der Waals surface area (Å²) in [5.74, 6) is 2.57. The first-order valence-electron chi connectivity index (χ1n) is 7.63. The van der Waals surface area contributed by atoms with Crippen LogP contribution in [0, 0.1) is 0 Å².